The summed E-state index contributed by atoms with van der Waals surface area (Å²) >= 11 is 0. The van der Waals surface area contributed by atoms with Crippen LogP contribution in [0, 0.1) is 0 Å². The van der Waals surface area contributed by atoms with Crippen LogP contribution in [-0.4, -0.2) is 10.1 Å². The number of hydrogen-bond donors (Lipinski definition) is 2. The number of rotatable bonds is 4. The fourth-order valence-electron chi connectivity index (χ4n) is 2.82. The molecule has 0 aliphatic heterocycles. The lowest BCUT2D eigenvalue weighted by atomic mass is 9.87. The molecule has 1 heterocycles. The van der Waals surface area contributed by atoms with E-state index in [-0.39, 0.29) is 0 Å². The Morgan fingerprint density at radius 2 is 2.35 bits per heavy atom. The van der Waals surface area contributed by atoms with E-state index in [0.717, 1.165) is 37.3 Å². The molecule has 1 unspecified atom stereocenters. The molecule has 0 saturated carbocycles. The Morgan fingerprint density at radius 1 is 1.45 bits per heavy atom. The molecule has 2 N–H and O–H groups in total. The fraction of sp³-hybridized carbons (Fsp3) is 0.438. The van der Waals surface area contributed by atoms with Crippen molar-refractivity contribution >= 4 is 0 Å². The Morgan fingerprint density at radius 3 is 3.15 bits per heavy atom. The first-order chi connectivity index (χ1) is 9.76. The molecule has 4 heteroatoms. The van der Waals surface area contributed by atoms with E-state index in [1.165, 1.54) is 11.1 Å². The van der Waals surface area contributed by atoms with Crippen molar-refractivity contribution in [2.24, 2.45) is 0 Å². The van der Waals surface area contributed by atoms with Gasteiger partial charge >= 0.3 is 0 Å². The highest BCUT2D eigenvalue weighted by Crippen LogP contribution is 2.32. The van der Waals surface area contributed by atoms with Crippen LogP contribution in [0.3, 0.4) is 0 Å². The molecule has 4 nitrogen and oxygen atoms in total. The van der Waals surface area contributed by atoms with Gasteiger partial charge in [0.1, 0.15) is 11.5 Å². The molecule has 1 aliphatic rings. The number of aryl methyl sites for hydroxylation is 2. The minimum atomic E-state index is 0.316. The molecule has 106 valence electrons. The lowest BCUT2D eigenvalue weighted by Crippen LogP contribution is -2.24. The van der Waals surface area contributed by atoms with Gasteiger partial charge in [0.05, 0.1) is 12.7 Å². The van der Waals surface area contributed by atoms with Gasteiger partial charge in [0, 0.05) is 12.5 Å². The van der Waals surface area contributed by atoms with Gasteiger partial charge in [-0.25, -0.2) is 4.98 Å². The quantitative estimate of drug-likeness (QED) is 0.898. The SMILES string of the molecule is CCc1cnc(CNC2CCCc3cc(O)ccc32)o1. The molecule has 3 rings (SSSR count). The van der Waals surface area contributed by atoms with Crippen LogP contribution in [0.15, 0.2) is 28.8 Å². The molecule has 20 heavy (non-hydrogen) atoms. The van der Waals surface area contributed by atoms with Gasteiger partial charge in [0.15, 0.2) is 0 Å². The molecule has 1 aromatic carbocycles. The number of oxazole rings is 1. The van der Waals surface area contributed by atoms with E-state index >= 15 is 0 Å². The summed E-state index contributed by atoms with van der Waals surface area (Å²) in [4.78, 5) is 4.27. The third-order valence-electron chi connectivity index (χ3n) is 3.89. The summed E-state index contributed by atoms with van der Waals surface area (Å²) in [7, 11) is 0. The van der Waals surface area contributed by atoms with Crippen LogP contribution in [0.4, 0.5) is 0 Å². The van der Waals surface area contributed by atoms with Crippen molar-refractivity contribution < 1.29 is 9.52 Å². The predicted molar refractivity (Wildman–Crippen MR) is 76.5 cm³/mol. The minimum absolute atomic E-state index is 0.316. The third kappa shape index (κ3) is 2.70. The van der Waals surface area contributed by atoms with Gasteiger partial charge in [0.25, 0.3) is 0 Å². The second-order valence-electron chi connectivity index (χ2n) is 5.28. The molecule has 0 amide bonds. The van der Waals surface area contributed by atoms with E-state index in [9.17, 15) is 5.11 Å². The molecule has 0 spiro atoms. The summed E-state index contributed by atoms with van der Waals surface area (Å²) in [6, 6.07) is 5.98. The zero-order valence-electron chi connectivity index (χ0n) is 11.7. The van der Waals surface area contributed by atoms with E-state index in [1.54, 1.807) is 12.3 Å². The first-order valence-electron chi connectivity index (χ1n) is 7.25. The zero-order valence-corrected chi connectivity index (χ0v) is 11.7. The van der Waals surface area contributed by atoms with Crippen LogP contribution in [0.1, 0.15) is 48.6 Å². The Bertz CT molecular complexity index is 592. The lowest BCUT2D eigenvalue weighted by Gasteiger charge is -2.26. The van der Waals surface area contributed by atoms with Crippen LogP contribution < -0.4 is 5.32 Å². The largest absolute Gasteiger partial charge is 0.508 e. The van der Waals surface area contributed by atoms with E-state index in [4.69, 9.17) is 4.42 Å². The van der Waals surface area contributed by atoms with Gasteiger partial charge < -0.3 is 14.8 Å². The normalized spacial score (nSPS) is 17.9. The van der Waals surface area contributed by atoms with Crippen LogP contribution in [0.25, 0.3) is 0 Å². The highest BCUT2D eigenvalue weighted by Gasteiger charge is 2.20. The summed E-state index contributed by atoms with van der Waals surface area (Å²) < 4.78 is 5.62. The van der Waals surface area contributed by atoms with E-state index in [1.807, 2.05) is 12.1 Å². The number of fused-ring (bicyclic) bond motifs is 1. The zero-order chi connectivity index (χ0) is 13.9. The number of aromatic nitrogens is 1. The molecule has 0 radical (unpaired) electrons. The molecule has 2 aromatic rings. The minimum Gasteiger partial charge on any atom is -0.508 e. The second-order valence-corrected chi connectivity index (χ2v) is 5.28. The molecule has 1 aromatic heterocycles. The molecule has 0 fully saturated rings. The maximum Gasteiger partial charge on any atom is 0.208 e. The van der Waals surface area contributed by atoms with Gasteiger partial charge in [-0.2, -0.15) is 0 Å². The fourth-order valence-corrected chi connectivity index (χ4v) is 2.82. The Balaban J connectivity index is 1.70. The molecular formula is C16H20N2O2. The van der Waals surface area contributed by atoms with Crippen molar-refractivity contribution in [3.8, 4) is 5.75 Å². The van der Waals surface area contributed by atoms with E-state index < -0.39 is 0 Å². The summed E-state index contributed by atoms with van der Waals surface area (Å²) in [6.45, 7) is 2.70. The van der Waals surface area contributed by atoms with Crippen LogP contribution in [0.5, 0.6) is 5.75 Å². The topological polar surface area (TPSA) is 58.3 Å². The van der Waals surface area contributed by atoms with Crippen LogP contribution >= 0.6 is 0 Å². The number of phenols is 1. The second kappa shape index (κ2) is 5.67. The van der Waals surface area contributed by atoms with Gasteiger partial charge in [0.2, 0.25) is 5.89 Å². The van der Waals surface area contributed by atoms with Crippen LogP contribution in [0.2, 0.25) is 0 Å². The standard InChI is InChI=1S/C16H20N2O2/c1-2-13-9-18-16(20-13)10-17-15-5-3-4-11-8-12(19)6-7-14(11)15/h6-9,15,17,19H,2-5,10H2,1H3. The summed E-state index contributed by atoms with van der Waals surface area (Å²) in [6.07, 6.45) is 5.96. The summed E-state index contributed by atoms with van der Waals surface area (Å²) in [5.74, 6) is 2.02. The highest BCUT2D eigenvalue weighted by molar-refractivity contribution is 5.38. The Kier molecular flexibility index (Phi) is 3.74. The predicted octanol–water partition coefficient (Wildman–Crippen LogP) is 3.11. The number of hydrogen-bond acceptors (Lipinski definition) is 4. The summed E-state index contributed by atoms with van der Waals surface area (Å²) in [5, 5.41) is 13.1. The first-order valence-corrected chi connectivity index (χ1v) is 7.25. The van der Waals surface area contributed by atoms with Crippen molar-refractivity contribution in [2.75, 3.05) is 0 Å². The van der Waals surface area contributed by atoms with Gasteiger partial charge in [-0.3, -0.25) is 0 Å². The molecule has 0 saturated heterocycles. The number of benzene rings is 1. The van der Waals surface area contributed by atoms with Crippen LogP contribution in [-0.2, 0) is 19.4 Å². The molecule has 0 bridgehead atoms. The number of nitrogens with zero attached hydrogens (tertiary/aromatic N) is 1. The van der Waals surface area contributed by atoms with E-state index in [2.05, 4.69) is 17.2 Å². The Labute approximate surface area is 118 Å². The monoisotopic (exact) mass is 272 g/mol. The summed E-state index contributed by atoms with van der Waals surface area (Å²) in [5.41, 5.74) is 2.53. The molecule has 1 atom stereocenters. The average molecular weight is 272 g/mol. The van der Waals surface area contributed by atoms with Gasteiger partial charge in [-0.05, 0) is 42.5 Å². The van der Waals surface area contributed by atoms with Crippen molar-refractivity contribution in [1.29, 1.82) is 0 Å². The number of aromatic hydroxyl groups is 1. The first kappa shape index (κ1) is 13.2. The van der Waals surface area contributed by atoms with Gasteiger partial charge in [-0.15, -0.1) is 0 Å². The smallest absolute Gasteiger partial charge is 0.208 e. The molecular weight excluding hydrogens is 252 g/mol. The third-order valence-corrected chi connectivity index (χ3v) is 3.89. The number of phenolic OH excluding ortho intramolecular Hbond substituents is 1. The highest BCUT2D eigenvalue weighted by atomic mass is 16.4. The van der Waals surface area contributed by atoms with Crippen molar-refractivity contribution in [3.63, 3.8) is 0 Å². The Hall–Kier alpha value is -1.81. The number of nitrogens with one attached hydrogen (secondary N) is 1. The average Bonchev–Trinajstić information content (AvgIpc) is 2.92. The van der Waals surface area contributed by atoms with Crippen molar-refractivity contribution in [2.45, 2.75) is 45.2 Å². The van der Waals surface area contributed by atoms with Gasteiger partial charge in [-0.1, -0.05) is 13.0 Å². The lowest BCUT2D eigenvalue weighted by molar-refractivity contribution is 0.395. The van der Waals surface area contributed by atoms with E-state index in [0.29, 0.717) is 18.3 Å². The molecule has 1 aliphatic carbocycles. The van der Waals surface area contributed by atoms with Crippen molar-refractivity contribution in [3.05, 3.63) is 47.2 Å². The maximum absolute atomic E-state index is 9.57. The van der Waals surface area contributed by atoms with Crippen molar-refractivity contribution in [1.82, 2.24) is 10.3 Å². The maximum atomic E-state index is 9.57.